The van der Waals surface area contributed by atoms with Gasteiger partial charge in [0.25, 0.3) is 0 Å². The Bertz CT molecular complexity index is 3380. The molecule has 11 rings (SSSR count). The molecule has 22 heteroatoms. The molecule has 6 aromatic carbocycles. The Morgan fingerprint density at radius 2 is 0.514 bits per heavy atom. The second-order valence-electron chi connectivity index (χ2n) is 16.4. The van der Waals surface area contributed by atoms with Gasteiger partial charge in [-0.3, -0.25) is 0 Å². The summed E-state index contributed by atoms with van der Waals surface area (Å²) in [5.74, 6) is -0.672. The number of fused-ring (bicyclic) bond motifs is 14. The van der Waals surface area contributed by atoms with Crippen molar-refractivity contribution in [2.45, 2.75) is 24.7 Å². The molecule has 0 saturated heterocycles. The van der Waals surface area contributed by atoms with E-state index in [1.165, 1.54) is 24.3 Å². The van der Waals surface area contributed by atoms with Crippen LogP contribution in [0.4, 0.5) is 52.7 Å². The normalized spacial score (nSPS) is 12.4. The van der Waals surface area contributed by atoms with Crippen LogP contribution in [0, 0.1) is 0 Å². The molecule has 0 fully saturated rings. The second-order valence-corrected chi connectivity index (χ2v) is 16.4. The SMILES string of the molecule is FC(F)(F)c1cccc(-c2c(-c3cccc(C(F)(F)F)c3)c3nc4nc(nc5[n-]c(nc6nc(nc2[n-]3)-c2ccccc2-6)c(-c2cccc(C(F)(F)F)c2)c5-c2cccc(C(F)(F)F)c2)-c2ccccc2-4)c1.[Cl][In]. The summed E-state index contributed by atoms with van der Waals surface area (Å²) >= 11 is 0.822. The molecule has 0 amide bonds. The van der Waals surface area contributed by atoms with Gasteiger partial charge in [0.15, 0.2) is 0 Å². The zero-order chi connectivity index (χ0) is 52.5. The van der Waals surface area contributed by atoms with Gasteiger partial charge < -0.3 is 29.9 Å². The van der Waals surface area contributed by atoms with Crippen LogP contribution in [-0.2, 0) is 24.7 Å². The van der Waals surface area contributed by atoms with Gasteiger partial charge in [0.1, 0.15) is 0 Å². The Kier molecular flexibility index (Phi) is 12.7. The number of aromatic nitrogens is 8. The predicted molar refractivity (Wildman–Crippen MR) is 252 cm³/mol. The third kappa shape index (κ3) is 9.38. The molecule has 2 aliphatic rings. The maximum atomic E-state index is 14.4. The third-order valence-corrected chi connectivity index (χ3v) is 11.8. The number of halogens is 13. The number of hydrogen-bond acceptors (Lipinski definition) is 6. The minimum absolute atomic E-state index is 0.166. The van der Waals surface area contributed by atoms with Gasteiger partial charge in [0, 0.05) is 67.1 Å². The van der Waals surface area contributed by atoms with Crippen molar-refractivity contribution in [3.8, 4) is 90.1 Å². The van der Waals surface area contributed by atoms with Crippen molar-refractivity contribution < 1.29 is 52.7 Å². The maximum absolute atomic E-state index is 14.4. The van der Waals surface area contributed by atoms with Crippen LogP contribution in [0.15, 0.2) is 146 Å². The van der Waals surface area contributed by atoms with E-state index in [0.717, 1.165) is 96.0 Å². The number of nitrogens with zero attached hydrogens (tertiary/aromatic N) is 8. The fraction of sp³-hybridized carbons (Fsp3) is 0.0769. The second kappa shape index (κ2) is 18.8. The van der Waals surface area contributed by atoms with Crippen molar-refractivity contribution in [2.24, 2.45) is 0 Å². The minimum atomic E-state index is -4.87. The van der Waals surface area contributed by atoms with E-state index in [1.807, 2.05) is 0 Å². The van der Waals surface area contributed by atoms with Gasteiger partial charge in [-0.15, -0.1) is 0 Å². The molecule has 0 saturated carbocycles. The molecule has 0 unspecified atom stereocenters. The number of benzene rings is 6. The Labute approximate surface area is 427 Å². The first-order valence-electron chi connectivity index (χ1n) is 21.5. The van der Waals surface area contributed by atoms with Crippen LogP contribution in [0.25, 0.3) is 113 Å². The van der Waals surface area contributed by atoms with Gasteiger partial charge >= 0.3 is 56.5 Å². The van der Waals surface area contributed by atoms with E-state index in [2.05, 4.69) is 9.97 Å². The van der Waals surface area contributed by atoms with E-state index < -0.39 is 47.0 Å². The quantitative estimate of drug-likeness (QED) is 0.161. The van der Waals surface area contributed by atoms with E-state index in [4.69, 9.17) is 38.5 Å². The van der Waals surface area contributed by atoms with Gasteiger partial charge in [-0.05, 0) is 70.8 Å². The molecule has 3 aromatic heterocycles. The monoisotopic (exact) mass is 1140 g/mol. The van der Waals surface area contributed by atoms with Crippen molar-refractivity contribution in [3.05, 3.63) is 168 Å². The van der Waals surface area contributed by atoms with Crippen molar-refractivity contribution in [1.29, 1.82) is 0 Å². The fourth-order valence-electron chi connectivity index (χ4n) is 8.62. The topological polar surface area (TPSA) is 106 Å². The summed E-state index contributed by atoms with van der Waals surface area (Å²) < 4.78 is 173. The molecule has 0 aliphatic carbocycles. The fourth-order valence-corrected chi connectivity index (χ4v) is 8.62. The summed E-state index contributed by atoms with van der Waals surface area (Å²) in [7, 11) is 4.77. The van der Waals surface area contributed by atoms with E-state index in [1.54, 1.807) is 48.5 Å². The van der Waals surface area contributed by atoms with Crippen LogP contribution in [0.3, 0.4) is 0 Å². The molecular weight excluding hydrogens is 1110 g/mol. The number of hydrogen-bond donors (Lipinski definition) is 0. The van der Waals surface area contributed by atoms with Crippen LogP contribution in [0.1, 0.15) is 22.3 Å². The van der Waals surface area contributed by atoms with Crippen molar-refractivity contribution >= 4 is 54.4 Å². The van der Waals surface area contributed by atoms with Crippen LogP contribution in [0.2, 0.25) is 0 Å². The van der Waals surface area contributed by atoms with Crippen LogP contribution < -0.4 is 9.97 Å². The summed E-state index contributed by atoms with van der Waals surface area (Å²) in [6.45, 7) is 0. The van der Waals surface area contributed by atoms with Crippen molar-refractivity contribution in [2.75, 3.05) is 0 Å². The average Bonchev–Trinajstić information content (AvgIpc) is 4.12. The first-order valence-corrected chi connectivity index (χ1v) is 25.7. The molecule has 2 aliphatic heterocycles. The van der Waals surface area contributed by atoms with E-state index in [0.29, 0.717) is 0 Å². The van der Waals surface area contributed by atoms with Crippen molar-refractivity contribution in [1.82, 2.24) is 39.9 Å². The molecule has 0 N–H and O–H groups in total. The van der Waals surface area contributed by atoms with Gasteiger partial charge in [0.2, 0.25) is 0 Å². The summed E-state index contributed by atoms with van der Waals surface area (Å²) in [5.41, 5.74) is -6.12. The standard InChI is InChI=1S/C52H24F12N8.ClH.In/c53-49(54,55)29-13-5-9-25(21-29)37-38(26-10-6-14-30(22-26)50(56,57)58)47-69-43-35-19-3-4-20-36(35)44(66-43)70-48-40(28-12-8-16-32(24-28)52(62,63)64)39(27-11-7-15-31(23-27)51(59,60)61)46(72-48)68-42-34-18-2-1-17-33(34)41(65-42)67-45(37)71-47;;/h1-24H;1H;/q-2;;+1/p-1. The molecule has 9 aromatic rings. The molecule has 368 valence electrons. The van der Waals surface area contributed by atoms with E-state index >= 15 is 0 Å². The molecule has 8 bridgehead atoms. The first-order chi connectivity index (χ1) is 35.2. The van der Waals surface area contributed by atoms with E-state index in [9.17, 15) is 52.7 Å². The molecule has 8 nitrogen and oxygen atoms in total. The van der Waals surface area contributed by atoms with Crippen LogP contribution in [0.5, 0.6) is 0 Å². The van der Waals surface area contributed by atoms with Crippen LogP contribution in [-0.4, -0.2) is 53.1 Å². The zero-order valence-corrected chi connectivity index (χ0v) is 41.0. The number of rotatable bonds is 4. The molecule has 5 heterocycles. The third-order valence-electron chi connectivity index (χ3n) is 11.8. The van der Waals surface area contributed by atoms with Crippen molar-refractivity contribution in [3.63, 3.8) is 0 Å². The van der Waals surface area contributed by atoms with Gasteiger partial charge in [-0.2, -0.15) is 52.7 Å². The Morgan fingerprint density at radius 3 is 0.716 bits per heavy atom. The van der Waals surface area contributed by atoms with Gasteiger partial charge in [-0.1, -0.05) is 97.1 Å². The number of alkyl halides is 12. The zero-order valence-electron chi connectivity index (χ0n) is 36.9. The van der Waals surface area contributed by atoms with E-state index in [-0.39, 0.29) is 113 Å². The molecular formula is C52H24ClF12InN8-2. The first kappa shape index (κ1) is 50.0. The molecule has 0 atom stereocenters. The average molecular weight is 1140 g/mol. The Morgan fingerprint density at radius 1 is 0.297 bits per heavy atom. The molecule has 74 heavy (non-hydrogen) atoms. The Balaban J connectivity index is 0.00000309. The Hall–Kier alpha value is -7.52. The summed E-state index contributed by atoms with van der Waals surface area (Å²) in [6.07, 6.45) is -19.5. The molecule has 2 radical (unpaired) electrons. The van der Waals surface area contributed by atoms with Gasteiger partial charge in [-0.25, -0.2) is 9.97 Å². The summed E-state index contributed by atoms with van der Waals surface area (Å²) in [6, 6.07) is 28.7. The van der Waals surface area contributed by atoms with Crippen LogP contribution >= 0.6 is 8.58 Å². The molecule has 0 spiro atoms. The predicted octanol–water partition coefficient (Wildman–Crippen LogP) is 14.9. The summed E-state index contributed by atoms with van der Waals surface area (Å²) in [5, 5.41) is 0. The van der Waals surface area contributed by atoms with Gasteiger partial charge in [0.05, 0.1) is 45.6 Å². The summed E-state index contributed by atoms with van der Waals surface area (Å²) in [4.78, 5) is 37.8.